The number of hydrogen-bond donors (Lipinski definition) is 2. The van der Waals surface area contributed by atoms with Crippen molar-refractivity contribution in [3.05, 3.63) is 35.7 Å². The topological polar surface area (TPSA) is 90.7 Å². The molecule has 0 atom stereocenters. The molecule has 0 fully saturated rings. The van der Waals surface area contributed by atoms with Gasteiger partial charge in [0.25, 0.3) is 0 Å². The van der Waals surface area contributed by atoms with Crippen LogP contribution >= 0.6 is 0 Å². The van der Waals surface area contributed by atoms with Gasteiger partial charge in [0, 0.05) is 24.0 Å². The van der Waals surface area contributed by atoms with Crippen LogP contribution in [0.3, 0.4) is 0 Å². The Bertz CT molecular complexity index is 509. The summed E-state index contributed by atoms with van der Waals surface area (Å²) in [6.45, 7) is 2.26. The minimum absolute atomic E-state index is 0.341. The summed E-state index contributed by atoms with van der Waals surface area (Å²) in [5.74, 6) is 0.939. The lowest BCUT2D eigenvalue weighted by molar-refractivity contribution is 1.01. The SMILES string of the molecule is Cc1cccc(-c2ncc(CN)c(N)n2)n1. The van der Waals surface area contributed by atoms with Gasteiger partial charge in [0.2, 0.25) is 0 Å². The van der Waals surface area contributed by atoms with Gasteiger partial charge < -0.3 is 11.5 Å². The lowest BCUT2D eigenvalue weighted by Crippen LogP contribution is -2.06. The normalized spacial score (nSPS) is 10.4. The molecule has 0 bridgehead atoms. The van der Waals surface area contributed by atoms with Gasteiger partial charge >= 0.3 is 0 Å². The molecule has 0 aliphatic carbocycles. The highest BCUT2D eigenvalue weighted by Crippen LogP contribution is 2.15. The summed E-state index contributed by atoms with van der Waals surface area (Å²) in [6, 6.07) is 5.68. The van der Waals surface area contributed by atoms with Gasteiger partial charge in [-0.05, 0) is 19.1 Å². The third kappa shape index (κ3) is 1.99. The van der Waals surface area contributed by atoms with Gasteiger partial charge in [-0.15, -0.1) is 0 Å². The second-order valence-corrected chi connectivity index (χ2v) is 3.47. The van der Waals surface area contributed by atoms with E-state index in [1.54, 1.807) is 6.20 Å². The average molecular weight is 215 g/mol. The van der Waals surface area contributed by atoms with Gasteiger partial charge in [-0.25, -0.2) is 15.0 Å². The van der Waals surface area contributed by atoms with E-state index < -0.39 is 0 Å². The first-order valence-corrected chi connectivity index (χ1v) is 4.96. The highest BCUT2D eigenvalue weighted by molar-refractivity contribution is 5.53. The fraction of sp³-hybridized carbons (Fsp3) is 0.182. The first-order chi connectivity index (χ1) is 7.70. The lowest BCUT2D eigenvalue weighted by Gasteiger charge is -2.04. The molecule has 82 valence electrons. The van der Waals surface area contributed by atoms with Crippen LogP contribution in [0.1, 0.15) is 11.3 Å². The fourth-order valence-electron chi connectivity index (χ4n) is 1.37. The molecule has 4 N–H and O–H groups in total. The molecular formula is C11H13N5. The third-order valence-corrected chi connectivity index (χ3v) is 2.24. The molecule has 16 heavy (non-hydrogen) atoms. The summed E-state index contributed by atoms with van der Waals surface area (Å²) in [5, 5.41) is 0. The Kier molecular flexibility index (Phi) is 2.78. The molecule has 5 nitrogen and oxygen atoms in total. The highest BCUT2D eigenvalue weighted by Gasteiger charge is 2.06. The molecule has 0 saturated heterocycles. The van der Waals surface area contributed by atoms with Crippen molar-refractivity contribution < 1.29 is 0 Å². The van der Waals surface area contributed by atoms with Crippen LogP contribution in [0.15, 0.2) is 24.4 Å². The number of aryl methyl sites for hydroxylation is 1. The van der Waals surface area contributed by atoms with E-state index in [9.17, 15) is 0 Å². The number of pyridine rings is 1. The molecule has 5 heteroatoms. The minimum Gasteiger partial charge on any atom is -0.383 e. The van der Waals surface area contributed by atoms with E-state index in [2.05, 4.69) is 15.0 Å². The summed E-state index contributed by atoms with van der Waals surface area (Å²) in [5.41, 5.74) is 13.6. The average Bonchev–Trinajstić information content (AvgIpc) is 2.29. The van der Waals surface area contributed by atoms with E-state index >= 15 is 0 Å². The number of nitrogen functional groups attached to an aromatic ring is 1. The lowest BCUT2D eigenvalue weighted by atomic mass is 10.2. The molecule has 2 aromatic heterocycles. The van der Waals surface area contributed by atoms with Gasteiger partial charge in [-0.2, -0.15) is 0 Å². The second-order valence-electron chi connectivity index (χ2n) is 3.47. The molecule has 0 spiro atoms. The largest absolute Gasteiger partial charge is 0.383 e. The molecule has 0 saturated carbocycles. The summed E-state index contributed by atoms with van der Waals surface area (Å²) < 4.78 is 0. The maximum atomic E-state index is 5.75. The van der Waals surface area contributed by atoms with E-state index in [1.165, 1.54) is 0 Å². The summed E-state index contributed by atoms with van der Waals surface area (Å²) in [4.78, 5) is 12.7. The zero-order chi connectivity index (χ0) is 11.5. The minimum atomic E-state index is 0.341. The van der Waals surface area contributed by atoms with Gasteiger partial charge in [0.05, 0.1) is 0 Å². The number of anilines is 1. The van der Waals surface area contributed by atoms with Gasteiger partial charge in [0.1, 0.15) is 11.5 Å². The van der Waals surface area contributed by atoms with Crippen molar-refractivity contribution >= 4 is 5.82 Å². The predicted octanol–water partition coefficient (Wildman–Crippen LogP) is 0.888. The molecule has 0 aliphatic rings. The van der Waals surface area contributed by atoms with Crippen LogP contribution in [0.25, 0.3) is 11.5 Å². The van der Waals surface area contributed by atoms with E-state index in [-0.39, 0.29) is 0 Å². The highest BCUT2D eigenvalue weighted by atomic mass is 15.0. The first-order valence-electron chi connectivity index (χ1n) is 4.96. The second kappa shape index (κ2) is 4.24. The molecule has 2 heterocycles. The van der Waals surface area contributed by atoms with Crippen LogP contribution in [0, 0.1) is 6.92 Å². The van der Waals surface area contributed by atoms with E-state index in [4.69, 9.17) is 11.5 Å². The Labute approximate surface area is 93.6 Å². The third-order valence-electron chi connectivity index (χ3n) is 2.24. The Hall–Kier alpha value is -2.01. The van der Waals surface area contributed by atoms with Crippen LogP contribution in [0.5, 0.6) is 0 Å². The fourth-order valence-corrected chi connectivity index (χ4v) is 1.37. The van der Waals surface area contributed by atoms with E-state index in [0.717, 1.165) is 17.0 Å². The number of rotatable bonds is 2. The van der Waals surface area contributed by atoms with Gasteiger partial charge in [-0.3, -0.25) is 0 Å². The van der Waals surface area contributed by atoms with Crippen LogP contribution in [0.2, 0.25) is 0 Å². The Balaban J connectivity index is 2.45. The first kappa shape index (κ1) is 10.5. The van der Waals surface area contributed by atoms with Crippen LogP contribution < -0.4 is 11.5 Å². The van der Waals surface area contributed by atoms with Gasteiger partial charge in [-0.1, -0.05) is 6.07 Å². The molecule has 2 rings (SSSR count). The number of hydrogen-bond acceptors (Lipinski definition) is 5. The van der Waals surface area contributed by atoms with Crippen molar-refractivity contribution in [3.8, 4) is 11.5 Å². The summed E-state index contributed by atoms with van der Waals surface area (Å²) in [7, 11) is 0. The standard InChI is InChI=1S/C11H13N5/c1-7-3-2-4-9(15-7)11-14-6-8(5-12)10(13)16-11/h2-4,6H,5,12H2,1H3,(H2,13,14,16). The van der Waals surface area contributed by atoms with E-state index in [1.807, 2.05) is 25.1 Å². The zero-order valence-corrected chi connectivity index (χ0v) is 9.01. The number of aromatic nitrogens is 3. The van der Waals surface area contributed by atoms with Crippen molar-refractivity contribution in [1.29, 1.82) is 0 Å². The van der Waals surface area contributed by atoms with Gasteiger partial charge in [0.15, 0.2) is 5.82 Å². The van der Waals surface area contributed by atoms with E-state index in [0.29, 0.717) is 18.2 Å². The van der Waals surface area contributed by atoms with Crippen molar-refractivity contribution in [1.82, 2.24) is 15.0 Å². The molecular weight excluding hydrogens is 202 g/mol. The molecule has 0 amide bonds. The summed E-state index contributed by atoms with van der Waals surface area (Å²) in [6.07, 6.45) is 1.64. The van der Waals surface area contributed by atoms with Crippen LogP contribution in [0.4, 0.5) is 5.82 Å². The Morgan fingerprint density at radius 3 is 2.69 bits per heavy atom. The molecule has 2 aromatic rings. The zero-order valence-electron chi connectivity index (χ0n) is 9.01. The smallest absolute Gasteiger partial charge is 0.180 e. The molecule has 0 aromatic carbocycles. The number of nitrogens with zero attached hydrogens (tertiary/aromatic N) is 3. The molecule has 0 unspecified atom stereocenters. The maximum absolute atomic E-state index is 5.75. The van der Waals surface area contributed by atoms with Crippen molar-refractivity contribution in [2.45, 2.75) is 13.5 Å². The Morgan fingerprint density at radius 1 is 1.25 bits per heavy atom. The van der Waals surface area contributed by atoms with Crippen LogP contribution in [-0.4, -0.2) is 15.0 Å². The van der Waals surface area contributed by atoms with Crippen LogP contribution in [-0.2, 0) is 6.54 Å². The quantitative estimate of drug-likeness (QED) is 0.776. The number of nitrogens with two attached hydrogens (primary N) is 2. The van der Waals surface area contributed by atoms with Crippen molar-refractivity contribution in [2.24, 2.45) is 5.73 Å². The van der Waals surface area contributed by atoms with Crippen molar-refractivity contribution in [3.63, 3.8) is 0 Å². The van der Waals surface area contributed by atoms with Crippen molar-refractivity contribution in [2.75, 3.05) is 5.73 Å². The molecule has 0 aliphatic heterocycles. The molecule has 0 radical (unpaired) electrons. The Morgan fingerprint density at radius 2 is 2.06 bits per heavy atom. The monoisotopic (exact) mass is 215 g/mol. The predicted molar refractivity (Wildman–Crippen MR) is 62.3 cm³/mol. The maximum Gasteiger partial charge on any atom is 0.180 e. The summed E-state index contributed by atoms with van der Waals surface area (Å²) >= 11 is 0.